The Morgan fingerprint density at radius 1 is 1.50 bits per heavy atom. The highest BCUT2D eigenvalue weighted by Gasteiger charge is 2.15. The summed E-state index contributed by atoms with van der Waals surface area (Å²) in [7, 11) is -3.68. The molecular weight excluding hydrogens is 205 g/mol. The number of nitriles is 1. The van der Waals surface area contributed by atoms with Crippen LogP contribution in [-0.2, 0) is 9.84 Å². The average molecular weight is 211 g/mol. The Morgan fingerprint density at radius 3 is 2.64 bits per heavy atom. The minimum atomic E-state index is -3.68. The zero-order chi connectivity index (χ0) is 10.8. The van der Waals surface area contributed by atoms with Crippen molar-refractivity contribution in [1.82, 2.24) is 0 Å². The average Bonchev–Trinajstić information content (AvgIpc) is 2.17. The maximum Gasteiger partial charge on any atom is 0.200 e. The second-order valence-corrected chi connectivity index (χ2v) is 4.33. The summed E-state index contributed by atoms with van der Waals surface area (Å²) in [5.41, 5.74) is -0.218. The monoisotopic (exact) mass is 211 g/mol. The molecule has 0 saturated heterocycles. The highest BCUT2D eigenvalue weighted by Crippen LogP contribution is 2.17. The standard InChI is InChI=1S/C9H6FNO2S/c1-2-14(12,13)9-4-3-8(10)5-7(9)6-11/h2-5H,1H2. The normalized spacial score (nSPS) is 10.6. The maximum absolute atomic E-state index is 12.7. The molecule has 0 bridgehead atoms. The van der Waals surface area contributed by atoms with E-state index in [0.717, 1.165) is 23.6 Å². The molecule has 72 valence electrons. The summed E-state index contributed by atoms with van der Waals surface area (Å²) in [5.74, 6) is -0.649. The lowest BCUT2D eigenvalue weighted by atomic mass is 10.2. The van der Waals surface area contributed by atoms with Crippen LogP contribution in [0.4, 0.5) is 4.39 Å². The third-order valence-corrected chi connectivity index (χ3v) is 3.00. The number of rotatable bonds is 2. The van der Waals surface area contributed by atoms with Gasteiger partial charge in [0, 0.05) is 5.41 Å². The lowest BCUT2D eigenvalue weighted by molar-refractivity contribution is 0.602. The van der Waals surface area contributed by atoms with Gasteiger partial charge in [0.05, 0.1) is 10.5 Å². The summed E-state index contributed by atoms with van der Waals surface area (Å²) in [6, 6.07) is 4.51. The first-order valence-electron chi connectivity index (χ1n) is 3.58. The van der Waals surface area contributed by atoms with Crippen LogP contribution in [0, 0.1) is 17.1 Å². The Hall–Kier alpha value is -1.67. The number of nitrogens with zero attached hydrogens (tertiary/aromatic N) is 1. The third-order valence-electron chi connectivity index (χ3n) is 1.59. The topological polar surface area (TPSA) is 57.9 Å². The largest absolute Gasteiger partial charge is 0.219 e. The molecule has 0 heterocycles. The van der Waals surface area contributed by atoms with Crippen LogP contribution in [0.1, 0.15) is 5.56 Å². The van der Waals surface area contributed by atoms with Gasteiger partial charge in [-0.3, -0.25) is 0 Å². The molecule has 1 rings (SSSR count). The van der Waals surface area contributed by atoms with E-state index in [1.54, 1.807) is 6.07 Å². The van der Waals surface area contributed by atoms with Crippen molar-refractivity contribution >= 4 is 9.84 Å². The van der Waals surface area contributed by atoms with Gasteiger partial charge in [0.15, 0.2) is 0 Å². The van der Waals surface area contributed by atoms with Crippen molar-refractivity contribution in [3.63, 3.8) is 0 Å². The molecule has 0 aromatic heterocycles. The second kappa shape index (κ2) is 3.60. The van der Waals surface area contributed by atoms with Gasteiger partial charge >= 0.3 is 0 Å². The molecule has 1 aromatic rings. The van der Waals surface area contributed by atoms with Crippen LogP contribution in [0.2, 0.25) is 0 Å². The van der Waals surface area contributed by atoms with Crippen molar-refractivity contribution < 1.29 is 12.8 Å². The number of benzene rings is 1. The van der Waals surface area contributed by atoms with E-state index in [1.165, 1.54) is 0 Å². The summed E-state index contributed by atoms with van der Waals surface area (Å²) >= 11 is 0. The van der Waals surface area contributed by atoms with Crippen molar-refractivity contribution in [2.45, 2.75) is 4.90 Å². The van der Waals surface area contributed by atoms with E-state index in [1.807, 2.05) is 0 Å². The third kappa shape index (κ3) is 1.80. The first-order chi connectivity index (χ1) is 6.51. The molecule has 5 heteroatoms. The summed E-state index contributed by atoms with van der Waals surface area (Å²) in [6.07, 6.45) is 0. The fourth-order valence-electron chi connectivity index (χ4n) is 0.927. The van der Waals surface area contributed by atoms with Gasteiger partial charge in [0.2, 0.25) is 9.84 Å². The smallest absolute Gasteiger partial charge is 0.200 e. The number of hydrogen-bond acceptors (Lipinski definition) is 3. The van der Waals surface area contributed by atoms with E-state index in [4.69, 9.17) is 5.26 Å². The van der Waals surface area contributed by atoms with Gasteiger partial charge in [-0.1, -0.05) is 6.58 Å². The molecule has 0 fully saturated rings. The van der Waals surface area contributed by atoms with Gasteiger partial charge < -0.3 is 0 Å². The van der Waals surface area contributed by atoms with Crippen LogP contribution in [0.15, 0.2) is 35.1 Å². The molecule has 0 spiro atoms. The highest BCUT2D eigenvalue weighted by molar-refractivity contribution is 7.94. The Balaban J connectivity index is 3.53. The predicted molar refractivity (Wildman–Crippen MR) is 48.5 cm³/mol. The van der Waals surface area contributed by atoms with Gasteiger partial charge in [-0.25, -0.2) is 12.8 Å². The van der Waals surface area contributed by atoms with Gasteiger partial charge in [0.1, 0.15) is 11.9 Å². The van der Waals surface area contributed by atoms with Crippen LogP contribution in [0.3, 0.4) is 0 Å². The molecule has 3 nitrogen and oxygen atoms in total. The van der Waals surface area contributed by atoms with Crippen LogP contribution in [0.25, 0.3) is 0 Å². The first-order valence-corrected chi connectivity index (χ1v) is 5.13. The van der Waals surface area contributed by atoms with E-state index in [-0.39, 0.29) is 10.5 Å². The Kier molecular flexibility index (Phi) is 2.68. The number of sulfone groups is 1. The molecule has 0 N–H and O–H groups in total. The van der Waals surface area contributed by atoms with Crippen LogP contribution < -0.4 is 0 Å². The fraction of sp³-hybridized carbons (Fsp3) is 0. The predicted octanol–water partition coefficient (Wildman–Crippen LogP) is 1.61. The Morgan fingerprint density at radius 2 is 2.14 bits per heavy atom. The summed E-state index contributed by atoms with van der Waals surface area (Å²) in [5, 5.41) is 9.31. The fourth-order valence-corrected chi connectivity index (χ4v) is 1.78. The van der Waals surface area contributed by atoms with E-state index in [9.17, 15) is 12.8 Å². The second-order valence-electron chi connectivity index (χ2n) is 2.46. The van der Waals surface area contributed by atoms with E-state index < -0.39 is 15.7 Å². The number of halogens is 1. The van der Waals surface area contributed by atoms with Gasteiger partial charge in [-0.05, 0) is 18.2 Å². The minimum Gasteiger partial charge on any atom is -0.219 e. The molecule has 0 atom stereocenters. The van der Waals surface area contributed by atoms with Gasteiger partial charge in [0.25, 0.3) is 0 Å². The van der Waals surface area contributed by atoms with E-state index in [2.05, 4.69) is 6.58 Å². The Bertz CT molecular complexity index is 514. The molecular formula is C9H6FNO2S. The molecule has 0 saturated carbocycles. The van der Waals surface area contributed by atoms with E-state index >= 15 is 0 Å². The molecule has 14 heavy (non-hydrogen) atoms. The molecule has 0 radical (unpaired) electrons. The Labute approximate surface area is 81.0 Å². The quantitative estimate of drug-likeness (QED) is 0.698. The SMILES string of the molecule is C=CS(=O)(=O)c1ccc(F)cc1C#N. The molecule has 0 amide bonds. The maximum atomic E-state index is 12.7. The van der Waals surface area contributed by atoms with E-state index in [0.29, 0.717) is 0 Å². The molecule has 0 aliphatic rings. The molecule has 0 unspecified atom stereocenters. The lowest BCUT2D eigenvalue weighted by Crippen LogP contribution is -1.99. The van der Waals surface area contributed by atoms with Crippen molar-refractivity contribution in [2.75, 3.05) is 0 Å². The highest BCUT2D eigenvalue weighted by atomic mass is 32.2. The first kappa shape index (κ1) is 10.4. The molecule has 0 aliphatic carbocycles. The summed E-state index contributed by atoms with van der Waals surface area (Å²) in [6.45, 7) is 3.12. The molecule has 0 aliphatic heterocycles. The van der Waals surface area contributed by atoms with Crippen LogP contribution in [-0.4, -0.2) is 8.42 Å². The minimum absolute atomic E-state index is 0.218. The van der Waals surface area contributed by atoms with Crippen molar-refractivity contribution in [3.05, 3.63) is 41.6 Å². The van der Waals surface area contributed by atoms with Gasteiger partial charge in [-0.2, -0.15) is 5.26 Å². The van der Waals surface area contributed by atoms with Crippen LogP contribution >= 0.6 is 0 Å². The zero-order valence-electron chi connectivity index (χ0n) is 7.07. The lowest BCUT2D eigenvalue weighted by Gasteiger charge is -2.00. The summed E-state index contributed by atoms with van der Waals surface area (Å²) in [4.78, 5) is -0.226. The van der Waals surface area contributed by atoms with Crippen LogP contribution in [0.5, 0.6) is 0 Å². The zero-order valence-corrected chi connectivity index (χ0v) is 7.88. The van der Waals surface area contributed by atoms with Crippen molar-refractivity contribution in [3.8, 4) is 6.07 Å². The van der Waals surface area contributed by atoms with Crippen molar-refractivity contribution in [2.24, 2.45) is 0 Å². The number of hydrogen-bond donors (Lipinski definition) is 0. The molecule has 1 aromatic carbocycles. The summed E-state index contributed by atoms with van der Waals surface area (Å²) < 4.78 is 35.3. The van der Waals surface area contributed by atoms with Gasteiger partial charge in [-0.15, -0.1) is 0 Å². The van der Waals surface area contributed by atoms with Crippen molar-refractivity contribution in [1.29, 1.82) is 5.26 Å².